The highest BCUT2D eigenvalue weighted by Gasteiger charge is 2.13. The summed E-state index contributed by atoms with van der Waals surface area (Å²) in [6.45, 7) is 4.27. The summed E-state index contributed by atoms with van der Waals surface area (Å²) in [5.74, 6) is -0.440. The van der Waals surface area contributed by atoms with Gasteiger partial charge >= 0.3 is 12.0 Å². The lowest BCUT2D eigenvalue weighted by Gasteiger charge is -2.09. The van der Waals surface area contributed by atoms with Gasteiger partial charge in [0, 0.05) is 17.6 Å². The number of methoxy groups -OCH3 is 1. The highest BCUT2D eigenvalue weighted by atomic mass is 16.5. The molecule has 1 aromatic carbocycles. The number of amides is 2. The molecule has 20 heavy (non-hydrogen) atoms. The number of aryl methyl sites for hydroxylation is 1. The SMILES string of the molecule is CCNC(=O)Nc1cc(C(=O)OC)cc2cc(C)[nH]c12. The topological polar surface area (TPSA) is 83.2 Å². The van der Waals surface area contributed by atoms with Crippen molar-refractivity contribution in [1.29, 1.82) is 0 Å². The standard InChI is InChI=1S/C14H17N3O3/c1-4-15-14(19)17-11-7-10(13(18)20-3)6-9-5-8(2)16-12(9)11/h5-7,16H,4H2,1-3H3,(H2,15,17,19). The van der Waals surface area contributed by atoms with Gasteiger partial charge in [0.2, 0.25) is 0 Å². The van der Waals surface area contributed by atoms with E-state index in [1.807, 2.05) is 19.9 Å². The molecule has 0 saturated carbocycles. The number of carbonyl (C=O) groups is 2. The summed E-state index contributed by atoms with van der Waals surface area (Å²) in [6, 6.07) is 4.92. The van der Waals surface area contributed by atoms with Crippen LogP contribution in [-0.4, -0.2) is 30.6 Å². The number of hydrogen-bond donors (Lipinski definition) is 3. The van der Waals surface area contributed by atoms with Gasteiger partial charge in [-0.15, -0.1) is 0 Å². The third kappa shape index (κ3) is 2.74. The summed E-state index contributed by atoms with van der Waals surface area (Å²) in [5, 5.41) is 6.22. The summed E-state index contributed by atoms with van der Waals surface area (Å²) >= 11 is 0. The summed E-state index contributed by atoms with van der Waals surface area (Å²) in [5.41, 5.74) is 2.66. The fourth-order valence-corrected chi connectivity index (χ4v) is 2.05. The molecular formula is C14H17N3O3. The first-order chi connectivity index (χ1) is 9.55. The maximum atomic E-state index is 11.7. The zero-order valence-corrected chi connectivity index (χ0v) is 11.7. The summed E-state index contributed by atoms with van der Waals surface area (Å²) in [6.07, 6.45) is 0. The van der Waals surface area contributed by atoms with Gasteiger partial charge in [0.05, 0.1) is 23.9 Å². The minimum absolute atomic E-state index is 0.317. The Hall–Kier alpha value is -2.50. The lowest BCUT2D eigenvalue weighted by atomic mass is 10.1. The average Bonchev–Trinajstić information content (AvgIpc) is 2.78. The third-order valence-electron chi connectivity index (χ3n) is 2.87. The number of aromatic nitrogens is 1. The zero-order chi connectivity index (χ0) is 14.7. The predicted molar refractivity (Wildman–Crippen MR) is 77.1 cm³/mol. The Labute approximate surface area is 116 Å². The largest absolute Gasteiger partial charge is 0.465 e. The molecule has 2 aromatic rings. The summed E-state index contributed by atoms with van der Waals surface area (Å²) in [4.78, 5) is 26.5. The fraction of sp³-hybridized carbons (Fsp3) is 0.286. The summed E-state index contributed by atoms with van der Waals surface area (Å²) < 4.78 is 4.72. The molecule has 0 bridgehead atoms. The van der Waals surface area contributed by atoms with E-state index in [4.69, 9.17) is 4.74 Å². The lowest BCUT2D eigenvalue weighted by molar-refractivity contribution is 0.0601. The second kappa shape index (κ2) is 5.64. The number of hydrogen-bond acceptors (Lipinski definition) is 3. The van der Waals surface area contributed by atoms with Gasteiger partial charge in [-0.25, -0.2) is 9.59 Å². The van der Waals surface area contributed by atoms with Crippen molar-refractivity contribution >= 4 is 28.6 Å². The Bertz CT molecular complexity index is 661. The average molecular weight is 275 g/mol. The van der Waals surface area contributed by atoms with Gasteiger partial charge < -0.3 is 20.4 Å². The van der Waals surface area contributed by atoms with Crippen molar-refractivity contribution in [3.8, 4) is 0 Å². The van der Waals surface area contributed by atoms with Crippen molar-refractivity contribution in [2.75, 3.05) is 19.0 Å². The monoisotopic (exact) mass is 275 g/mol. The van der Waals surface area contributed by atoms with E-state index in [-0.39, 0.29) is 6.03 Å². The van der Waals surface area contributed by atoms with Crippen LogP contribution in [0.4, 0.5) is 10.5 Å². The van der Waals surface area contributed by atoms with Crippen molar-refractivity contribution < 1.29 is 14.3 Å². The van der Waals surface area contributed by atoms with Crippen LogP contribution in [0.1, 0.15) is 23.0 Å². The Morgan fingerprint density at radius 1 is 1.30 bits per heavy atom. The van der Waals surface area contributed by atoms with Crippen molar-refractivity contribution in [2.24, 2.45) is 0 Å². The molecule has 0 fully saturated rings. The number of nitrogens with one attached hydrogen (secondary N) is 3. The zero-order valence-electron chi connectivity index (χ0n) is 11.7. The number of fused-ring (bicyclic) bond motifs is 1. The number of urea groups is 1. The van der Waals surface area contributed by atoms with Crippen molar-refractivity contribution in [1.82, 2.24) is 10.3 Å². The molecule has 0 spiro atoms. The van der Waals surface area contributed by atoms with Gasteiger partial charge in [-0.1, -0.05) is 0 Å². The van der Waals surface area contributed by atoms with Gasteiger partial charge in [0.1, 0.15) is 0 Å². The van der Waals surface area contributed by atoms with Crippen LogP contribution in [0.15, 0.2) is 18.2 Å². The summed E-state index contributed by atoms with van der Waals surface area (Å²) in [7, 11) is 1.33. The van der Waals surface area contributed by atoms with E-state index in [0.29, 0.717) is 17.8 Å². The lowest BCUT2D eigenvalue weighted by Crippen LogP contribution is -2.28. The maximum Gasteiger partial charge on any atom is 0.337 e. The Kier molecular flexibility index (Phi) is 3.93. The first kappa shape index (κ1) is 13.9. The van der Waals surface area contributed by atoms with Crippen molar-refractivity contribution in [3.63, 3.8) is 0 Å². The fourth-order valence-electron chi connectivity index (χ4n) is 2.05. The van der Waals surface area contributed by atoms with Gasteiger partial charge in [-0.05, 0) is 32.0 Å². The molecule has 0 atom stereocenters. The Morgan fingerprint density at radius 2 is 2.05 bits per heavy atom. The van der Waals surface area contributed by atoms with E-state index in [1.54, 1.807) is 12.1 Å². The number of rotatable bonds is 3. The Balaban J connectivity index is 2.48. The van der Waals surface area contributed by atoms with E-state index < -0.39 is 5.97 Å². The first-order valence-electron chi connectivity index (χ1n) is 6.31. The molecule has 0 aliphatic heterocycles. The number of ether oxygens (including phenoxy) is 1. The van der Waals surface area contributed by atoms with E-state index in [2.05, 4.69) is 15.6 Å². The van der Waals surface area contributed by atoms with E-state index in [0.717, 1.165) is 16.6 Å². The van der Waals surface area contributed by atoms with Gasteiger partial charge in [0.15, 0.2) is 0 Å². The molecule has 6 nitrogen and oxygen atoms in total. The molecule has 0 saturated heterocycles. The van der Waals surface area contributed by atoms with Gasteiger partial charge in [0.25, 0.3) is 0 Å². The minimum Gasteiger partial charge on any atom is -0.465 e. The van der Waals surface area contributed by atoms with Crippen LogP contribution < -0.4 is 10.6 Å². The number of anilines is 1. The molecule has 0 unspecified atom stereocenters. The highest BCUT2D eigenvalue weighted by molar-refractivity contribution is 6.04. The smallest absolute Gasteiger partial charge is 0.337 e. The van der Waals surface area contributed by atoms with Crippen LogP contribution in [0.5, 0.6) is 0 Å². The van der Waals surface area contributed by atoms with Crippen LogP contribution in [-0.2, 0) is 4.74 Å². The van der Waals surface area contributed by atoms with E-state index >= 15 is 0 Å². The van der Waals surface area contributed by atoms with Crippen molar-refractivity contribution in [2.45, 2.75) is 13.8 Å². The maximum absolute atomic E-state index is 11.7. The highest BCUT2D eigenvalue weighted by Crippen LogP contribution is 2.26. The van der Waals surface area contributed by atoms with Gasteiger partial charge in [-0.3, -0.25) is 0 Å². The molecule has 0 aliphatic carbocycles. The second-order valence-electron chi connectivity index (χ2n) is 4.42. The van der Waals surface area contributed by atoms with Crippen LogP contribution in [0.2, 0.25) is 0 Å². The number of esters is 1. The molecule has 6 heteroatoms. The predicted octanol–water partition coefficient (Wildman–Crippen LogP) is 2.40. The number of aromatic amines is 1. The molecule has 0 radical (unpaired) electrons. The molecule has 2 rings (SSSR count). The quantitative estimate of drug-likeness (QED) is 0.752. The molecule has 3 N–H and O–H groups in total. The number of H-pyrrole nitrogens is 1. The molecule has 1 aromatic heterocycles. The number of carbonyl (C=O) groups excluding carboxylic acids is 2. The van der Waals surface area contributed by atoms with E-state index in [1.165, 1.54) is 7.11 Å². The normalized spacial score (nSPS) is 10.3. The third-order valence-corrected chi connectivity index (χ3v) is 2.87. The van der Waals surface area contributed by atoms with Crippen LogP contribution in [0.3, 0.4) is 0 Å². The molecule has 2 amide bonds. The molecule has 1 heterocycles. The van der Waals surface area contributed by atoms with Crippen LogP contribution >= 0.6 is 0 Å². The van der Waals surface area contributed by atoms with Gasteiger partial charge in [-0.2, -0.15) is 0 Å². The van der Waals surface area contributed by atoms with Crippen molar-refractivity contribution in [3.05, 3.63) is 29.5 Å². The van der Waals surface area contributed by atoms with Crippen LogP contribution in [0.25, 0.3) is 10.9 Å². The van der Waals surface area contributed by atoms with Crippen LogP contribution in [0, 0.1) is 6.92 Å². The molecule has 106 valence electrons. The molecule has 0 aliphatic rings. The second-order valence-corrected chi connectivity index (χ2v) is 4.42. The van der Waals surface area contributed by atoms with E-state index in [9.17, 15) is 9.59 Å². The number of benzene rings is 1. The molecular weight excluding hydrogens is 258 g/mol. The Morgan fingerprint density at radius 3 is 2.70 bits per heavy atom. The first-order valence-corrected chi connectivity index (χ1v) is 6.31. The minimum atomic E-state index is -0.440.